The van der Waals surface area contributed by atoms with Crippen LogP contribution in [-0.4, -0.2) is 28.4 Å². The third-order valence-electron chi connectivity index (χ3n) is 2.01. The molecule has 0 aromatic carbocycles. The number of primary amides is 1. The van der Waals surface area contributed by atoms with Gasteiger partial charge in [0.2, 0.25) is 5.72 Å². The van der Waals surface area contributed by atoms with Crippen LogP contribution >= 0.6 is 0 Å². The van der Waals surface area contributed by atoms with Crippen LogP contribution in [0.25, 0.3) is 0 Å². The van der Waals surface area contributed by atoms with Crippen molar-refractivity contribution in [2.75, 3.05) is 0 Å². The molecule has 0 bridgehead atoms. The molecule has 4 N–H and O–H groups in total. The summed E-state index contributed by atoms with van der Waals surface area (Å²) < 4.78 is 4.95. The molecule has 0 saturated heterocycles. The van der Waals surface area contributed by atoms with Gasteiger partial charge in [0.25, 0.3) is 5.91 Å². The van der Waals surface area contributed by atoms with Crippen molar-refractivity contribution < 1.29 is 19.4 Å². The molecule has 0 aliphatic rings. The van der Waals surface area contributed by atoms with Gasteiger partial charge in [-0.2, -0.15) is 0 Å². The topological polar surface area (TPSA) is 102 Å². The SMILES string of the molecule is CCCCC(O)(NC(=O)OC(C)(C)C)C(N)=O. The summed E-state index contributed by atoms with van der Waals surface area (Å²) in [5.41, 5.74) is 2.32. The van der Waals surface area contributed by atoms with Crippen LogP contribution in [0.4, 0.5) is 4.79 Å². The molecule has 0 radical (unpaired) electrons. The van der Waals surface area contributed by atoms with Crippen LogP contribution in [0.3, 0.4) is 0 Å². The lowest BCUT2D eigenvalue weighted by molar-refractivity contribution is -0.140. The van der Waals surface area contributed by atoms with Crippen molar-refractivity contribution in [2.45, 2.75) is 58.3 Å². The first-order valence-electron chi connectivity index (χ1n) is 5.64. The summed E-state index contributed by atoms with van der Waals surface area (Å²) >= 11 is 0. The predicted molar refractivity (Wildman–Crippen MR) is 63.0 cm³/mol. The fraction of sp³-hybridized carbons (Fsp3) is 0.818. The molecule has 0 aromatic rings. The first-order valence-corrected chi connectivity index (χ1v) is 5.64. The molecule has 0 aliphatic carbocycles. The monoisotopic (exact) mass is 246 g/mol. The summed E-state index contributed by atoms with van der Waals surface area (Å²) in [4.78, 5) is 22.6. The number of nitrogens with one attached hydrogen (secondary N) is 1. The molecule has 0 spiro atoms. The van der Waals surface area contributed by atoms with E-state index in [1.807, 2.05) is 6.92 Å². The van der Waals surface area contributed by atoms with Crippen LogP contribution in [-0.2, 0) is 9.53 Å². The van der Waals surface area contributed by atoms with E-state index in [4.69, 9.17) is 10.5 Å². The molecule has 0 fully saturated rings. The van der Waals surface area contributed by atoms with Crippen molar-refractivity contribution in [1.82, 2.24) is 5.32 Å². The molecule has 0 rings (SSSR count). The number of carbonyl (C=O) groups excluding carboxylic acids is 2. The van der Waals surface area contributed by atoms with Crippen LogP contribution < -0.4 is 11.1 Å². The zero-order valence-corrected chi connectivity index (χ0v) is 10.9. The van der Waals surface area contributed by atoms with Crippen molar-refractivity contribution in [3.05, 3.63) is 0 Å². The zero-order chi connectivity index (χ0) is 13.7. The van der Waals surface area contributed by atoms with Gasteiger partial charge < -0.3 is 15.6 Å². The lowest BCUT2D eigenvalue weighted by atomic mass is 10.1. The minimum atomic E-state index is -2.04. The maximum atomic E-state index is 11.4. The highest BCUT2D eigenvalue weighted by Gasteiger charge is 2.36. The highest BCUT2D eigenvalue weighted by molar-refractivity contribution is 5.86. The van der Waals surface area contributed by atoms with E-state index in [1.165, 1.54) is 0 Å². The van der Waals surface area contributed by atoms with Crippen LogP contribution in [0.15, 0.2) is 0 Å². The van der Waals surface area contributed by atoms with Crippen molar-refractivity contribution in [1.29, 1.82) is 0 Å². The number of amides is 2. The van der Waals surface area contributed by atoms with Crippen molar-refractivity contribution in [3.8, 4) is 0 Å². The summed E-state index contributed by atoms with van der Waals surface area (Å²) in [5.74, 6) is -0.989. The highest BCUT2D eigenvalue weighted by Crippen LogP contribution is 2.13. The molecule has 0 heterocycles. The molecule has 0 aromatic heterocycles. The number of aliphatic hydroxyl groups is 1. The van der Waals surface area contributed by atoms with Gasteiger partial charge in [-0.15, -0.1) is 0 Å². The van der Waals surface area contributed by atoms with E-state index in [9.17, 15) is 14.7 Å². The van der Waals surface area contributed by atoms with E-state index >= 15 is 0 Å². The zero-order valence-electron chi connectivity index (χ0n) is 10.9. The van der Waals surface area contributed by atoms with Gasteiger partial charge in [-0.05, 0) is 27.2 Å². The van der Waals surface area contributed by atoms with Gasteiger partial charge in [0, 0.05) is 6.42 Å². The minimum Gasteiger partial charge on any atom is -0.444 e. The first-order chi connectivity index (χ1) is 7.60. The van der Waals surface area contributed by atoms with E-state index < -0.39 is 23.3 Å². The Bertz CT molecular complexity index is 286. The molecule has 2 amide bonds. The first kappa shape index (κ1) is 15.7. The Kier molecular flexibility index (Phi) is 5.41. The third-order valence-corrected chi connectivity index (χ3v) is 2.01. The molecule has 0 aliphatic heterocycles. The Hall–Kier alpha value is -1.30. The third kappa shape index (κ3) is 6.11. The number of hydrogen-bond acceptors (Lipinski definition) is 4. The Morgan fingerprint density at radius 3 is 2.24 bits per heavy atom. The van der Waals surface area contributed by atoms with Crippen LogP contribution in [0.5, 0.6) is 0 Å². The maximum absolute atomic E-state index is 11.4. The fourth-order valence-electron chi connectivity index (χ4n) is 1.15. The average molecular weight is 246 g/mol. The van der Waals surface area contributed by atoms with Gasteiger partial charge in [-0.3, -0.25) is 10.1 Å². The van der Waals surface area contributed by atoms with Gasteiger partial charge in [-0.1, -0.05) is 13.3 Å². The van der Waals surface area contributed by atoms with Crippen LogP contribution in [0.2, 0.25) is 0 Å². The molecule has 1 unspecified atom stereocenters. The van der Waals surface area contributed by atoms with Gasteiger partial charge in [0.15, 0.2) is 0 Å². The van der Waals surface area contributed by atoms with Crippen molar-refractivity contribution in [3.63, 3.8) is 0 Å². The van der Waals surface area contributed by atoms with Crippen molar-refractivity contribution in [2.24, 2.45) is 5.73 Å². The van der Waals surface area contributed by atoms with E-state index in [2.05, 4.69) is 5.32 Å². The number of rotatable bonds is 5. The van der Waals surface area contributed by atoms with Gasteiger partial charge in [0.1, 0.15) is 5.60 Å². The van der Waals surface area contributed by atoms with E-state index in [0.29, 0.717) is 6.42 Å². The number of alkyl carbamates (subject to hydrolysis) is 1. The number of hydrogen-bond donors (Lipinski definition) is 3. The standard InChI is InChI=1S/C11H22N2O4/c1-5-6-7-11(16,8(12)14)13-9(15)17-10(2,3)4/h16H,5-7H2,1-4H3,(H2,12,14)(H,13,15). The largest absolute Gasteiger partial charge is 0.444 e. The Balaban J connectivity index is 4.55. The number of unbranched alkanes of at least 4 members (excludes halogenated alkanes) is 1. The molecular formula is C11H22N2O4. The molecule has 1 atom stereocenters. The average Bonchev–Trinajstić information content (AvgIpc) is 2.11. The summed E-state index contributed by atoms with van der Waals surface area (Å²) in [7, 11) is 0. The molecule has 6 nitrogen and oxygen atoms in total. The summed E-state index contributed by atoms with van der Waals surface area (Å²) in [6, 6.07) is 0. The summed E-state index contributed by atoms with van der Waals surface area (Å²) in [6.45, 7) is 6.95. The highest BCUT2D eigenvalue weighted by atomic mass is 16.6. The predicted octanol–water partition coefficient (Wildman–Crippen LogP) is 0.875. The fourth-order valence-corrected chi connectivity index (χ4v) is 1.15. The smallest absolute Gasteiger partial charge is 0.410 e. The molecule has 100 valence electrons. The van der Waals surface area contributed by atoms with Crippen molar-refractivity contribution >= 4 is 12.0 Å². The maximum Gasteiger partial charge on any atom is 0.410 e. The number of carbonyl (C=O) groups is 2. The summed E-state index contributed by atoms with van der Waals surface area (Å²) in [6.07, 6.45) is 0.536. The second-order valence-electron chi connectivity index (χ2n) is 4.95. The second-order valence-corrected chi connectivity index (χ2v) is 4.95. The minimum absolute atomic E-state index is 0.0675. The molecule has 6 heteroatoms. The van der Waals surface area contributed by atoms with E-state index in [0.717, 1.165) is 6.42 Å². The lowest BCUT2D eigenvalue weighted by Crippen LogP contribution is -2.58. The Morgan fingerprint density at radius 1 is 1.35 bits per heavy atom. The van der Waals surface area contributed by atoms with Gasteiger partial charge in [-0.25, -0.2) is 4.79 Å². The second kappa shape index (κ2) is 5.86. The molecule has 0 saturated carbocycles. The number of ether oxygens (including phenoxy) is 1. The van der Waals surface area contributed by atoms with Gasteiger partial charge in [0.05, 0.1) is 0 Å². The van der Waals surface area contributed by atoms with Crippen LogP contribution in [0.1, 0.15) is 47.0 Å². The normalized spacial score (nSPS) is 14.9. The molecule has 17 heavy (non-hydrogen) atoms. The molecular weight excluding hydrogens is 224 g/mol. The van der Waals surface area contributed by atoms with E-state index in [-0.39, 0.29) is 6.42 Å². The lowest BCUT2D eigenvalue weighted by Gasteiger charge is -2.27. The van der Waals surface area contributed by atoms with Gasteiger partial charge >= 0.3 is 6.09 Å². The van der Waals surface area contributed by atoms with E-state index in [1.54, 1.807) is 20.8 Å². The summed E-state index contributed by atoms with van der Waals surface area (Å²) in [5, 5.41) is 12.0. The van der Waals surface area contributed by atoms with Crippen LogP contribution in [0, 0.1) is 0 Å². The Labute approximate surface area is 102 Å². The quantitative estimate of drug-likeness (QED) is 0.626. The number of nitrogens with two attached hydrogens (primary N) is 1. The Morgan fingerprint density at radius 2 is 1.88 bits per heavy atom.